The third kappa shape index (κ3) is 3.88. The van der Waals surface area contributed by atoms with Gasteiger partial charge >= 0.3 is 0 Å². The molecule has 1 N–H and O–H groups in total. The SMILES string of the molecule is O=C(C1CCCN1S(=O)(=O)c1ccc(Cl)s1)N1CCCC(c2nc3ccccc3[nH]2)C1. The van der Waals surface area contributed by atoms with Crippen LogP contribution in [0.25, 0.3) is 11.0 Å². The number of nitrogens with zero attached hydrogens (tertiary/aromatic N) is 3. The zero-order valence-electron chi connectivity index (χ0n) is 16.8. The van der Waals surface area contributed by atoms with Crippen LogP contribution in [0.15, 0.2) is 40.6 Å². The summed E-state index contributed by atoms with van der Waals surface area (Å²) in [6.07, 6.45) is 3.04. The molecular formula is C21H23ClN4O3S2. The molecule has 2 aromatic heterocycles. The van der Waals surface area contributed by atoms with Gasteiger partial charge in [-0.2, -0.15) is 4.31 Å². The predicted octanol–water partition coefficient (Wildman–Crippen LogP) is 3.84. The summed E-state index contributed by atoms with van der Waals surface area (Å²) in [6, 6.07) is 10.3. The number of fused-ring (bicyclic) bond motifs is 1. The molecule has 0 radical (unpaired) electrons. The second-order valence-electron chi connectivity index (χ2n) is 8.09. The second kappa shape index (κ2) is 8.20. The van der Waals surface area contributed by atoms with Crippen molar-refractivity contribution in [3.8, 4) is 0 Å². The van der Waals surface area contributed by atoms with Gasteiger partial charge in [0, 0.05) is 25.6 Å². The quantitative estimate of drug-likeness (QED) is 0.617. The number of para-hydroxylation sites is 2. The molecule has 2 atom stereocenters. The molecule has 2 aliphatic rings. The maximum absolute atomic E-state index is 13.4. The van der Waals surface area contributed by atoms with Crippen LogP contribution in [0.3, 0.4) is 0 Å². The van der Waals surface area contributed by atoms with Gasteiger partial charge in [0.2, 0.25) is 5.91 Å². The number of hydrogen-bond donors (Lipinski definition) is 1. The molecule has 0 saturated carbocycles. The minimum atomic E-state index is -3.73. The van der Waals surface area contributed by atoms with Crippen molar-refractivity contribution in [3.05, 3.63) is 46.6 Å². The first-order valence-electron chi connectivity index (χ1n) is 10.4. The molecular weight excluding hydrogens is 456 g/mol. The summed E-state index contributed by atoms with van der Waals surface area (Å²) in [6.45, 7) is 1.55. The number of imidazole rings is 1. The van der Waals surface area contributed by atoms with Crippen molar-refractivity contribution < 1.29 is 13.2 Å². The molecule has 5 rings (SSSR count). The van der Waals surface area contributed by atoms with Crippen LogP contribution in [0.4, 0.5) is 0 Å². The summed E-state index contributed by atoms with van der Waals surface area (Å²) in [5, 5.41) is 0. The third-order valence-electron chi connectivity index (χ3n) is 6.13. The summed E-state index contributed by atoms with van der Waals surface area (Å²) in [4.78, 5) is 23.3. The van der Waals surface area contributed by atoms with Crippen molar-refractivity contribution in [1.29, 1.82) is 0 Å². The molecule has 31 heavy (non-hydrogen) atoms. The highest BCUT2D eigenvalue weighted by atomic mass is 35.5. The highest BCUT2D eigenvalue weighted by molar-refractivity contribution is 7.91. The van der Waals surface area contributed by atoms with Crippen molar-refractivity contribution in [1.82, 2.24) is 19.2 Å². The van der Waals surface area contributed by atoms with E-state index in [1.54, 1.807) is 6.07 Å². The number of rotatable bonds is 4. The number of thiophene rings is 1. The molecule has 1 amide bonds. The number of hydrogen-bond acceptors (Lipinski definition) is 5. The summed E-state index contributed by atoms with van der Waals surface area (Å²) in [7, 11) is -3.73. The van der Waals surface area contributed by atoms with Crippen molar-refractivity contribution in [2.24, 2.45) is 0 Å². The van der Waals surface area contributed by atoms with E-state index in [4.69, 9.17) is 16.6 Å². The highest BCUT2D eigenvalue weighted by Crippen LogP contribution is 2.34. The molecule has 164 valence electrons. The topological polar surface area (TPSA) is 86.4 Å². The third-order valence-corrected chi connectivity index (χ3v) is 9.73. The van der Waals surface area contributed by atoms with E-state index in [1.807, 2.05) is 29.2 Å². The minimum Gasteiger partial charge on any atom is -0.342 e. The molecule has 10 heteroatoms. The van der Waals surface area contributed by atoms with E-state index < -0.39 is 16.1 Å². The zero-order chi connectivity index (χ0) is 21.6. The number of amides is 1. The van der Waals surface area contributed by atoms with E-state index in [1.165, 1.54) is 10.4 Å². The minimum absolute atomic E-state index is 0.107. The van der Waals surface area contributed by atoms with Gasteiger partial charge in [-0.3, -0.25) is 4.79 Å². The van der Waals surface area contributed by atoms with Crippen LogP contribution in [0.5, 0.6) is 0 Å². The zero-order valence-corrected chi connectivity index (χ0v) is 19.2. The van der Waals surface area contributed by atoms with Crippen LogP contribution in [0.1, 0.15) is 37.4 Å². The van der Waals surface area contributed by atoms with Gasteiger partial charge < -0.3 is 9.88 Å². The van der Waals surface area contributed by atoms with Gasteiger partial charge in [0.15, 0.2) is 0 Å². The van der Waals surface area contributed by atoms with E-state index >= 15 is 0 Å². The Balaban J connectivity index is 1.35. The van der Waals surface area contributed by atoms with Crippen LogP contribution in [0.2, 0.25) is 4.34 Å². The smallest absolute Gasteiger partial charge is 0.253 e. The van der Waals surface area contributed by atoms with Gasteiger partial charge in [0.25, 0.3) is 10.0 Å². The van der Waals surface area contributed by atoms with Gasteiger partial charge in [-0.15, -0.1) is 11.3 Å². The molecule has 2 saturated heterocycles. The van der Waals surface area contributed by atoms with E-state index in [0.29, 0.717) is 36.8 Å². The van der Waals surface area contributed by atoms with Gasteiger partial charge in [-0.05, 0) is 49.9 Å². The van der Waals surface area contributed by atoms with E-state index in [0.717, 1.165) is 41.0 Å². The fourth-order valence-electron chi connectivity index (χ4n) is 4.60. The molecule has 0 aliphatic carbocycles. The molecule has 7 nitrogen and oxygen atoms in total. The Morgan fingerprint density at radius 2 is 1.94 bits per heavy atom. The maximum Gasteiger partial charge on any atom is 0.253 e. The number of halogens is 1. The van der Waals surface area contributed by atoms with Crippen LogP contribution in [-0.4, -0.2) is 59.2 Å². The number of piperidine rings is 1. The first-order chi connectivity index (χ1) is 14.9. The molecule has 1 aromatic carbocycles. The van der Waals surface area contributed by atoms with Crippen molar-refractivity contribution in [3.63, 3.8) is 0 Å². The first kappa shape index (κ1) is 20.9. The second-order valence-corrected chi connectivity index (χ2v) is 11.9. The van der Waals surface area contributed by atoms with Gasteiger partial charge in [0.1, 0.15) is 16.1 Å². The van der Waals surface area contributed by atoms with Crippen molar-refractivity contribution >= 4 is 49.9 Å². The Labute approximate surface area is 190 Å². The lowest BCUT2D eigenvalue weighted by Crippen LogP contribution is -2.50. The van der Waals surface area contributed by atoms with Crippen LogP contribution in [-0.2, 0) is 14.8 Å². The molecule has 4 heterocycles. The van der Waals surface area contributed by atoms with Crippen molar-refractivity contribution in [2.75, 3.05) is 19.6 Å². The van der Waals surface area contributed by atoms with Crippen molar-refractivity contribution in [2.45, 2.75) is 41.9 Å². The number of nitrogens with one attached hydrogen (secondary N) is 1. The number of likely N-dealkylation sites (tertiary alicyclic amines) is 1. The fourth-order valence-corrected chi connectivity index (χ4v) is 7.87. The van der Waals surface area contributed by atoms with Gasteiger partial charge in [-0.1, -0.05) is 23.7 Å². The number of H-pyrrole nitrogens is 1. The number of benzene rings is 1. The first-order valence-corrected chi connectivity index (χ1v) is 13.1. The lowest BCUT2D eigenvalue weighted by Gasteiger charge is -2.35. The fraction of sp³-hybridized carbons (Fsp3) is 0.429. The molecule has 0 spiro atoms. The number of carbonyl (C=O) groups excluding carboxylic acids is 1. The maximum atomic E-state index is 13.4. The lowest BCUT2D eigenvalue weighted by atomic mass is 9.96. The Morgan fingerprint density at radius 3 is 2.71 bits per heavy atom. The Hall–Kier alpha value is -1.94. The average Bonchev–Trinajstić information content (AvgIpc) is 3.52. The Bertz CT molecular complexity index is 1190. The summed E-state index contributed by atoms with van der Waals surface area (Å²) >= 11 is 6.98. The van der Waals surface area contributed by atoms with E-state index in [-0.39, 0.29) is 16.0 Å². The number of aromatic amines is 1. The number of carbonyl (C=O) groups is 1. The van der Waals surface area contributed by atoms with Gasteiger partial charge in [-0.25, -0.2) is 13.4 Å². The number of sulfonamides is 1. The van der Waals surface area contributed by atoms with E-state index in [9.17, 15) is 13.2 Å². The molecule has 2 unspecified atom stereocenters. The molecule has 3 aromatic rings. The largest absolute Gasteiger partial charge is 0.342 e. The Morgan fingerprint density at radius 1 is 1.13 bits per heavy atom. The van der Waals surface area contributed by atoms with Crippen LogP contribution in [0, 0.1) is 0 Å². The summed E-state index contributed by atoms with van der Waals surface area (Å²) < 4.78 is 28.2. The Kier molecular flexibility index (Phi) is 5.54. The molecule has 2 aliphatic heterocycles. The highest BCUT2D eigenvalue weighted by Gasteiger charge is 2.42. The normalized spacial score (nSPS) is 22.9. The summed E-state index contributed by atoms with van der Waals surface area (Å²) in [5.41, 5.74) is 1.91. The lowest BCUT2D eigenvalue weighted by molar-refractivity contribution is -0.135. The van der Waals surface area contributed by atoms with Crippen LogP contribution >= 0.6 is 22.9 Å². The van der Waals surface area contributed by atoms with E-state index in [2.05, 4.69) is 4.98 Å². The monoisotopic (exact) mass is 478 g/mol. The summed E-state index contributed by atoms with van der Waals surface area (Å²) in [5.74, 6) is 0.903. The average molecular weight is 479 g/mol. The van der Waals surface area contributed by atoms with Gasteiger partial charge in [0.05, 0.1) is 15.4 Å². The van der Waals surface area contributed by atoms with Crippen LogP contribution < -0.4 is 0 Å². The molecule has 0 bridgehead atoms. The molecule has 2 fully saturated rings. The predicted molar refractivity (Wildman–Crippen MR) is 121 cm³/mol. The number of aromatic nitrogens is 2. The standard InChI is InChI=1S/C21H23ClN4O3S2/c22-18-9-10-19(30-18)31(28,29)26-12-4-8-17(26)21(27)25-11-3-5-14(13-25)20-23-15-6-1-2-7-16(15)24-20/h1-2,6-7,9-10,14,17H,3-5,8,11-13H2,(H,23,24).